The predicted molar refractivity (Wildman–Crippen MR) is 90.8 cm³/mol. The van der Waals surface area contributed by atoms with E-state index in [2.05, 4.69) is 10.6 Å². The maximum absolute atomic E-state index is 12.0. The Bertz CT molecular complexity index is 637. The molecular weight excluding hydrogens is 308 g/mol. The molecular formula is C18H24N2O4. The number of ether oxygens (including phenoxy) is 1. The van der Waals surface area contributed by atoms with E-state index in [0.29, 0.717) is 17.9 Å². The Kier molecular flexibility index (Phi) is 5.26. The van der Waals surface area contributed by atoms with Crippen LogP contribution in [-0.2, 0) is 9.59 Å². The van der Waals surface area contributed by atoms with Gasteiger partial charge < -0.3 is 10.1 Å². The second-order valence-corrected chi connectivity index (χ2v) is 6.85. The van der Waals surface area contributed by atoms with E-state index in [1.165, 1.54) is 0 Å². The number of imide groups is 1. The second-order valence-electron chi connectivity index (χ2n) is 6.85. The van der Waals surface area contributed by atoms with Crippen LogP contribution < -0.4 is 15.4 Å². The van der Waals surface area contributed by atoms with Crippen molar-refractivity contribution in [2.75, 3.05) is 12.4 Å². The molecule has 0 unspecified atom stereocenters. The largest absolute Gasteiger partial charge is 0.497 e. The van der Waals surface area contributed by atoms with Gasteiger partial charge in [-0.3, -0.25) is 14.9 Å². The van der Waals surface area contributed by atoms with Crippen LogP contribution in [0.3, 0.4) is 0 Å². The molecule has 0 aromatic heterocycles. The van der Waals surface area contributed by atoms with Gasteiger partial charge in [0.2, 0.25) is 5.91 Å². The number of hydrogen-bond donors (Lipinski definition) is 2. The maximum atomic E-state index is 12.0. The van der Waals surface area contributed by atoms with Crippen LogP contribution in [-0.4, -0.2) is 24.8 Å². The highest BCUT2D eigenvalue weighted by Crippen LogP contribution is 2.53. The average molecular weight is 332 g/mol. The van der Waals surface area contributed by atoms with Crippen molar-refractivity contribution in [1.29, 1.82) is 0 Å². The topological polar surface area (TPSA) is 84.5 Å². The summed E-state index contributed by atoms with van der Waals surface area (Å²) in [6, 6.07) is 6.25. The van der Waals surface area contributed by atoms with Gasteiger partial charge in [0, 0.05) is 18.0 Å². The Hall–Kier alpha value is -2.37. The number of carbonyl (C=O) groups is 3. The van der Waals surface area contributed by atoms with Crippen molar-refractivity contribution < 1.29 is 19.1 Å². The van der Waals surface area contributed by atoms with Crippen LogP contribution in [0.2, 0.25) is 0 Å². The monoisotopic (exact) mass is 332 g/mol. The molecule has 1 saturated carbocycles. The summed E-state index contributed by atoms with van der Waals surface area (Å²) in [4.78, 5) is 35.4. The van der Waals surface area contributed by atoms with E-state index < -0.39 is 6.03 Å². The first-order valence-corrected chi connectivity index (χ1v) is 7.99. The third-order valence-electron chi connectivity index (χ3n) is 4.99. The SMILES string of the molecule is COc1ccc(NC(=O)NC(=O)C[C@H]2C[C@@H](C(C)=O)C2(C)C)cc1. The molecule has 1 aliphatic rings. The number of rotatable bonds is 5. The molecule has 0 bridgehead atoms. The van der Waals surface area contributed by atoms with E-state index in [1.807, 2.05) is 13.8 Å². The van der Waals surface area contributed by atoms with E-state index in [0.717, 1.165) is 0 Å². The zero-order chi connectivity index (χ0) is 17.9. The lowest BCUT2D eigenvalue weighted by atomic mass is 9.52. The molecule has 1 aromatic carbocycles. The van der Waals surface area contributed by atoms with Gasteiger partial charge in [-0.1, -0.05) is 13.8 Å². The predicted octanol–water partition coefficient (Wildman–Crippen LogP) is 2.98. The Balaban J connectivity index is 1.82. The van der Waals surface area contributed by atoms with Crippen molar-refractivity contribution in [3.8, 4) is 5.75 Å². The van der Waals surface area contributed by atoms with E-state index >= 15 is 0 Å². The maximum Gasteiger partial charge on any atom is 0.325 e. The molecule has 3 amide bonds. The third kappa shape index (κ3) is 3.93. The molecule has 24 heavy (non-hydrogen) atoms. The number of ketones is 1. The zero-order valence-electron chi connectivity index (χ0n) is 14.5. The van der Waals surface area contributed by atoms with Crippen LogP contribution in [0.25, 0.3) is 0 Å². The number of carbonyl (C=O) groups excluding carboxylic acids is 3. The minimum Gasteiger partial charge on any atom is -0.497 e. The molecule has 2 N–H and O–H groups in total. The lowest BCUT2D eigenvalue weighted by Gasteiger charge is -2.51. The van der Waals surface area contributed by atoms with Crippen molar-refractivity contribution >= 4 is 23.4 Å². The number of nitrogens with one attached hydrogen (secondary N) is 2. The van der Waals surface area contributed by atoms with E-state index in [9.17, 15) is 14.4 Å². The van der Waals surface area contributed by atoms with E-state index in [4.69, 9.17) is 4.74 Å². The van der Waals surface area contributed by atoms with E-state index in [-0.39, 0.29) is 35.4 Å². The van der Waals surface area contributed by atoms with Gasteiger partial charge >= 0.3 is 6.03 Å². The molecule has 0 heterocycles. The molecule has 2 atom stereocenters. The molecule has 6 heteroatoms. The number of Topliss-reactive ketones (excluding diaryl/α,β-unsaturated/α-hetero) is 1. The van der Waals surface area contributed by atoms with Crippen LogP contribution in [0, 0.1) is 17.3 Å². The van der Waals surface area contributed by atoms with Crippen molar-refractivity contribution in [1.82, 2.24) is 5.32 Å². The molecule has 6 nitrogen and oxygen atoms in total. The first-order valence-electron chi connectivity index (χ1n) is 7.99. The second kappa shape index (κ2) is 7.03. The zero-order valence-corrected chi connectivity index (χ0v) is 14.5. The van der Waals surface area contributed by atoms with Crippen molar-refractivity contribution in [2.45, 2.75) is 33.6 Å². The van der Waals surface area contributed by atoms with Gasteiger partial charge in [-0.05, 0) is 48.9 Å². The average Bonchev–Trinajstić information content (AvgIpc) is 2.51. The fraction of sp³-hybridized carbons (Fsp3) is 0.500. The van der Waals surface area contributed by atoms with Gasteiger partial charge in [0.1, 0.15) is 11.5 Å². The summed E-state index contributed by atoms with van der Waals surface area (Å²) in [5, 5.41) is 4.93. The molecule has 130 valence electrons. The molecule has 1 aliphatic carbocycles. The van der Waals surface area contributed by atoms with Crippen molar-refractivity contribution in [2.24, 2.45) is 17.3 Å². The smallest absolute Gasteiger partial charge is 0.325 e. The van der Waals surface area contributed by atoms with Gasteiger partial charge in [-0.25, -0.2) is 4.79 Å². The van der Waals surface area contributed by atoms with Gasteiger partial charge in [0.15, 0.2) is 0 Å². The first kappa shape index (κ1) is 18.0. The van der Waals surface area contributed by atoms with Crippen molar-refractivity contribution in [3.05, 3.63) is 24.3 Å². The molecule has 0 spiro atoms. The highest BCUT2D eigenvalue weighted by Gasteiger charge is 2.50. The first-order chi connectivity index (χ1) is 11.2. The van der Waals surface area contributed by atoms with Gasteiger partial charge in [-0.15, -0.1) is 0 Å². The van der Waals surface area contributed by atoms with Gasteiger partial charge in [0.05, 0.1) is 7.11 Å². The number of urea groups is 1. The Morgan fingerprint density at radius 3 is 2.33 bits per heavy atom. The summed E-state index contributed by atoms with van der Waals surface area (Å²) >= 11 is 0. The Morgan fingerprint density at radius 2 is 1.83 bits per heavy atom. The normalized spacial score (nSPS) is 21.3. The molecule has 1 fully saturated rings. The van der Waals surface area contributed by atoms with Crippen LogP contribution >= 0.6 is 0 Å². The minimum atomic E-state index is -0.564. The summed E-state index contributed by atoms with van der Waals surface area (Å²) in [6.07, 6.45) is 0.947. The van der Waals surface area contributed by atoms with Crippen LogP contribution in [0.15, 0.2) is 24.3 Å². The van der Waals surface area contributed by atoms with E-state index in [1.54, 1.807) is 38.3 Å². The molecule has 1 aromatic rings. The van der Waals surface area contributed by atoms with Gasteiger partial charge in [-0.2, -0.15) is 0 Å². The Morgan fingerprint density at radius 1 is 1.21 bits per heavy atom. The molecule has 0 aliphatic heterocycles. The number of hydrogen-bond acceptors (Lipinski definition) is 4. The molecule has 0 radical (unpaired) electrons. The van der Waals surface area contributed by atoms with Crippen molar-refractivity contribution in [3.63, 3.8) is 0 Å². The van der Waals surface area contributed by atoms with Crippen LogP contribution in [0.1, 0.15) is 33.6 Å². The number of anilines is 1. The lowest BCUT2D eigenvalue weighted by Crippen LogP contribution is -2.50. The summed E-state index contributed by atoms with van der Waals surface area (Å²) in [7, 11) is 1.56. The fourth-order valence-electron chi connectivity index (χ4n) is 3.29. The summed E-state index contributed by atoms with van der Waals surface area (Å²) in [6.45, 7) is 5.58. The standard InChI is InChI=1S/C18H24N2O4/c1-11(21)15-9-12(18(15,2)3)10-16(22)20-17(23)19-13-5-7-14(24-4)8-6-13/h5-8,12,15H,9-10H2,1-4H3,(H2,19,20,22,23)/t12-,15+/m1/s1. The number of amides is 3. The van der Waals surface area contributed by atoms with Crippen LogP contribution in [0.5, 0.6) is 5.75 Å². The lowest BCUT2D eigenvalue weighted by molar-refractivity contribution is -0.140. The number of benzene rings is 1. The highest BCUT2D eigenvalue weighted by atomic mass is 16.5. The highest BCUT2D eigenvalue weighted by molar-refractivity contribution is 6.01. The van der Waals surface area contributed by atoms with Crippen LogP contribution in [0.4, 0.5) is 10.5 Å². The quantitative estimate of drug-likeness (QED) is 0.868. The Labute approximate surface area is 142 Å². The number of methoxy groups -OCH3 is 1. The fourth-order valence-corrected chi connectivity index (χ4v) is 3.29. The third-order valence-corrected chi connectivity index (χ3v) is 4.99. The summed E-state index contributed by atoms with van der Waals surface area (Å²) < 4.78 is 5.04. The molecule has 0 saturated heterocycles. The molecule has 2 rings (SSSR count). The van der Waals surface area contributed by atoms with Gasteiger partial charge in [0.25, 0.3) is 0 Å². The summed E-state index contributed by atoms with van der Waals surface area (Å²) in [5.74, 6) is 0.628. The minimum absolute atomic E-state index is 0.00317. The summed E-state index contributed by atoms with van der Waals surface area (Å²) in [5.41, 5.74) is 0.372.